The van der Waals surface area contributed by atoms with Crippen LogP contribution in [0.4, 0.5) is 5.69 Å². The number of methoxy groups -OCH3 is 1. The van der Waals surface area contributed by atoms with E-state index in [-0.39, 0.29) is 11.4 Å². The van der Waals surface area contributed by atoms with E-state index in [0.717, 1.165) is 0 Å². The van der Waals surface area contributed by atoms with Crippen molar-refractivity contribution in [1.29, 1.82) is 0 Å². The summed E-state index contributed by atoms with van der Waals surface area (Å²) >= 11 is 0. The second-order valence-corrected chi connectivity index (χ2v) is 6.23. The third kappa shape index (κ3) is 2.84. The largest absolute Gasteiger partial charge is 0.495 e. The molecule has 0 aliphatic carbocycles. The first-order valence-corrected chi connectivity index (χ1v) is 7.72. The Morgan fingerprint density at radius 3 is 2.62 bits per heavy atom. The van der Waals surface area contributed by atoms with Gasteiger partial charge in [-0.2, -0.15) is 0 Å². The molecule has 1 aromatic heterocycles. The maximum atomic E-state index is 12.8. The fourth-order valence-corrected chi connectivity index (χ4v) is 3.37. The maximum Gasteiger partial charge on any atom is 0.266 e. The lowest BCUT2D eigenvalue weighted by molar-refractivity contribution is 0.416. The Morgan fingerprint density at radius 1 is 1.24 bits per heavy atom. The van der Waals surface area contributed by atoms with Crippen LogP contribution in [0.15, 0.2) is 47.5 Å². The lowest BCUT2D eigenvalue weighted by atomic mass is 10.3. The Hall–Kier alpha value is -2.12. The fraction of sp³-hybridized carbons (Fsp3) is 0.214. The molecule has 0 atom stereocenters. The number of anilines is 1. The first-order chi connectivity index (χ1) is 10.0. The molecule has 0 unspecified atom stereocenters. The zero-order valence-electron chi connectivity index (χ0n) is 11.9. The van der Waals surface area contributed by atoms with Gasteiger partial charge in [-0.05, 0) is 24.3 Å². The molecule has 2 N–H and O–H groups in total. The van der Waals surface area contributed by atoms with Gasteiger partial charge in [-0.3, -0.25) is 9.29 Å². The summed E-state index contributed by atoms with van der Waals surface area (Å²) in [5.74, 6) is 0.474. The van der Waals surface area contributed by atoms with E-state index < -0.39 is 10.0 Å². The van der Waals surface area contributed by atoms with E-state index in [4.69, 9.17) is 10.5 Å². The van der Waals surface area contributed by atoms with Crippen molar-refractivity contribution in [2.45, 2.75) is 11.4 Å². The van der Waals surface area contributed by atoms with Crippen LogP contribution in [0.25, 0.3) is 0 Å². The molecule has 0 fully saturated rings. The molecule has 0 aliphatic rings. The van der Waals surface area contributed by atoms with Gasteiger partial charge in [0.1, 0.15) is 10.6 Å². The molecule has 0 saturated carbocycles. The summed E-state index contributed by atoms with van der Waals surface area (Å²) in [4.78, 5) is 4.12. The van der Waals surface area contributed by atoms with E-state index in [9.17, 15) is 8.42 Å². The SMILES string of the molecule is COc1ccccc1N(C)S(=O)(=O)c1cccnc1CN. The number of aromatic nitrogens is 1. The van der Waals surface area contributed by atoms with E-state index in [1.54, 1.807) is 30.3 Å². The van der Waals surface area contributed by atoms with Crippen molar-refractivity contribution in [3.63, 3.8) is 0 Å². The summed E-state index contributed by atoms with van der Waals surface area (Å²) in [5.41, 5.74) is 6.36. The lowest BCUT2D eigenvalue weighted by Gasteiger charge is -2.22. The van der Waals surface area contributed by atoms with Crippen molar-refractivity contribution in [3.05, 3.63) is 48.3 Å². The van der Waals surface area contributed by atoms with Crippen molar-refractivity contribution >= 4 is 15.7 Å². The summed E-state index contributed by atoms with van der Waals surface area (Å²) in [6.45, 7) is 0.0508. The van der Waals surface area contributed by atoms with Gasteiger partial charge in [0, 0.05) is 19.8 Å². The Morgan fingerprint density at radius 2 is 1.95 bits per heavy atom. The minimum absolute atomic E-state index is 0.0508. The van der Waals surface area contributed by atoms with E-state index >= 15 is 0 Å². The van der Waals surface area contributed by atoms with Crippen LogP contribution in [0.1, 0.15) is 5.69 Å². The van der Waals surface area contributed by atoms with Crippen LogP contribution < -0.4 is 14.8 Å². The van der Waals surface area contributed by atoms with Gasteiger partial charge in [0.15, 0.2) is 0 Å². The number of sulfonamides is 1. The van der Waals surface area contributed by atoms with Crippen molar-refractivity contribution in [2.75, 3.05) is 18.5 Å². The third-order valence-electron chi connectivity index (χ3n) is 3.10. The molecular weight excluding hydrogens is 290 g/mol. The van der Waals surface area contributed by atoms with Crippen LogP contribution in [0.5, 0.6) is 5.75 Å². The summed E-state index contributed by atoms with van der Waals surface area (Å²) < 4.78 is 31.9. The minimum Gasteiger partial charge on any atom is -0.495 e. The molecule has 112 valence electrons. The Kier molecular flexibility index (Phi) is 4.44. The molecule has 1 heterocycles. The molecule has 0 amide bonds. The Bertz CT molecular complexity index is 732. The topological polar surface area (TPSA) is 85.5 Å². The highest BCUT2D eigenvalue weighted by Gasteiger charge is 2.26. The van der Waals surface area contributed by atoms with Crippen LogP contribution >= 0.6 is 0 Å². The van der Waals surface area contributed by atoms with Crippen LogP contribution in [-0.2, 0) is 16.6 Å². The average molecular weight is 307 g/mol. The van der Waals surface area contributed by atoms with Crippen LogP contribution in [-0.4, -0.2) is 27.6 Å². The number of para-hydroxylation sites is 2. The van der Waals surface area contributed by atoms with Crippen molar-refractivity contribution in [3.8, 4) is 5.75 Å². The van der Waals surface area contributed by atoms with Gasteiger partial charge in [-0.1, -0.05) is 12.1 Å². The highest BCUT2D eigenvalue weighted by atomic mass is 32.2. The van der Waals surface area contributed by atoms with Gasteiger partial charge in [-0.15, -0.1) is 0 Å². The number of rotatable bonds is 5. The molecule has 6 nitrogen and oxygen atoms in total. The predicted molar refractivity (Wildman–Crippen MR) is 80.7 cm³/mol. The van der Waals surface area contributed by atoms with Gasteiger partial charge in [0.25, 0.3) is 10.0 Å². The van der Waals surface area contributed by atoms with Crippen molar-refractivity contribution < 1.29 is 13.2 Å². The molecule has 0 bridgehead atoms. The predicted octanol–water partition coefficient (Wildman–Crippen LogP) is 1.37. The molecule has 1 aromatic carbocycles. The second kappa shape index (κ2) is 6.11. The van der Waals surface area contributed by atoms with Gasteiger partial charge >= 0.3 is 0 Å². The molecule has 0 spiro atoms. The highest BCUT2D eigenvalue weighted by molar-refractivity contribution is 7.92. The second-order valence-electron chi connectivity index (χ2n) is 4.30. The Labute approximate surface area is 124 Å². The summed E-state index contributed by atoms with van der Waals surface area (Å²) in [6, 6.07) is 9.97. The average Bonchev–Trinajstić information content (AvgIpc) is 2.53. The van der Waals surface area contributed by atoms with Gasteiger partial charge < -0.3 is 10.5 Å². The third-order valence-corrected chi connectivity index (χ3v) is 4.95. The quantitative estimate of drug-likeness (QED) is 0.902. The molecule has 21 heavy (non-hydrogen) atoms. The molecule has 0 radical (unpaired) electrons. The molecule has 0 saturated heterocycles. The summed E-state index contributed by atoms with van der Waals surface area (Å²) in [5, 5.41) is 0. The van der Waals surface area contributed by atoms with Crippen molar-refractivity contribution in [2.24, 2.45) is 5.73 Å². The van der Waals surface area contributed by atoms with E-state index in [1.807, 2.05) is 0 Å². The van der Waals surface area contributed by atoms with Crippen molar-refractivity contribution in [1.82, 2.24) is 4.98 Å². The molecule has 0 aliphatic heterocycles. The molecule has 2 rings (SSSR count). The summed E-state index contributed by atoms with van der Waals surface area (Å²) in [7, 11) is -0.789. The number of benzene rings is 1. The van der Waals surface area contributed by atoms with Gasteiger partial charge in [-0.25, -0.2) is 8.42 Å². The zero-order valence-corrected chi connectivity index (χ0v) is 12.7. The molecule has 7 heteroatoms. The number of nitrogens with two attached hydrogens (primary N) is 1. The van der Waals surface area contributed by atoms with Crippen LogP contribution in [0.3, 0.4) is 0 Å². The first-order valence-electron chi connectivity index (χ1n) is 6.28. The summed E-state index contributed by atoms with van der Waals surface area (Å²) in [6.07, 6.45) is 1.52. The molecular formula is C14H17N3O3S. The standard InChI is InChI=1S/C14H17N3O3S/c1-17(12-6-3-4-7-13(12)20-2)21(18,19)14-8-5-9-16-11(14)10-15/h3-9H,10,15H2,1-2H3. The number of nitrogens with zero attached hydrogens (tertiary/aromatic N) is 2. The van der Waals surface area contributed by atoms with E-state index in [2.05, 4.69) is 4.98 Å². The fourth-order valence-electron chi connectivity index (χ4n) is 1.98. The number of ether oxygens (including phenoxy) is 1. The highest BCUT2D eigenvalue weighted by Crippen LogP contribution is 2.31. The normalized spacial score (nSPS) is 11.2. The van der Waals surface area contributed by atoms with Crippen LogP contribution in [0.2, 0.25) is 0 Å². The van der Waals surface area contributed by atoms with Gasteiger partial charge in [0.05, 0.1) is 18.5 Å². The lowest BCUT2D eigenvalue weighted by Crippen LogP contribution is -2.28. The number of hydrogen-bond acceptors (Lipinski definition) is 5. The van der Waals surface area contributed by atoms with E-state index in [0.29, 0.717) is 17.1 Å². The Balaban J connectivity index is 2.53. The maximum absolute atomic E-state index is 12.8. The number of pyridine rings is 1. The van der Waals surface area contributed by atoms with Crippen LogP contribution in [0, 0.1) is 0 Å². The number of hydrogen-bond donors (Lipinski definition) is 1. The minimum atomic E-state index is -3.76. The molecule has 2 aromatic rings. The van der Waals surface area contributed by atoms with E-state index in [1.165, 1.54) is 30.7 Å². The van der Waals surface area contributed by atoms with Gasteiger partial charge in [0.2, 0.25) is 0 Å². The first kappa shape index (κ1) is 15.3. The monoisotopic (exact) mass is 307 g/mol. The zero-order chi connectivity index (χ0) is 15.5. The smallest absolute Gasteiger partial charge is 0.266 e.